The van der Waals surface area contributed by atoms with E-state index in [4.69, 9.17) is 0 Å². The Hall–Kier alpha value is -3.84. The highest BCUT2D eigenvalue weighted by molar-refractivity contribution is 7.15. The predicted molar refractivity (Wildman–Crippen MR) is 113 cm³/mol. The van der Waals surface area contributed by atoms with E-state index in [0.717, 1.165) is 11.4 Å². The van der Waals surface area contributed by atoms with Crippen LogP contribution in [0.4, 0.5) is 10.8 Å². The Kier molecular flexibility index (Phi) is 6.34. The van der Waals surface area contributed by atoms with Crippen molar-refractivity contribution in [2.75, 3.05) is 5.32 Å². The third kappa shape index (κ3) is 4.95. The van der Waals surface area contributed by atoms with Gasteiger partial charge in [0.25, 0.3) is 11.6 Å². The lowest BCUT2D eigenvalue weighted by molar-refractivity contribution is -0.384. The van der Waals surface area contributed by atoms with Crippen LogP contribution in [-0.2, 0) is 11.2 Å². The number of rotatable bonds is 7. The maximum Gasteiger partial charge on any atom is 0.271 e. The average Bonchev–Trinajstić information content (AvgIpc) is 3.34. The molecule has 30 heavy (non-hydrogen) atoms. The molecule has 0 aliphatic carbocycles. The number of benzene rings is 1. The van der Waals surface area contributed by atoms with Gasteiger partial charge in [-0.05, 0) is 30.2 Å². The Morgan fingerprint density at radius 1 is 1.37 bits per heavy atom. The molecule has 152 valence electrons. The van der Waals surface area contributed by atoms with Gasteiger partial charge in [0.1, 0.15) is 16.6 Å². The van der Waals surface area contributed by atoms with Crippen molar-refractivity contribution in [3.63, 3.8) is 0 Å². The van der Waals surface area contributed by atoms with E-state index in [1.54, 1.807) is 35.0 Å². The van der Waals surface area contributed by atoms with Gasteiger partial charge >= 0.3 is 0 Å². The number of hydrogen-bond donors (Lipinski definition) is 1. The first-order valence-corrected chi connectivity index (χ1v) is 9.86. The Morgan fingerprint density at radius 2 is 2.17 bits per heavy atom. The van der Waals surface area contributed by atoms with Crippen LogP contribution in [0, 0.1) is 27.4 Å². The number of nitrogens with one attached hydrogen (secondary N) is 1. The summed E-state index contributed by atoms with van der Waals surface area (Å²) in [6, 6.07) is 11.4. The molecule has 10 heteroatoms. The fourth-order valence-electron chi connectivity index (χ4n) is 2.70. The van der Waals surface area contributed by atoms with E-state index in [9.17, 15) is 20.2 Å². The molecule has 0 saturated carbocycles. The molecule has 2 aromatic heterocycles. The van der Waals surface area contributed by atoms with E-state index < -0.39 is 10.8 Å². The van der Waals surface area contributed by atoms with Gasteiger partial charge in [0, 0.05) is 30.4 Å². The van der Waals surface area contributed by atoms with Crippen molar-refractivity contribution in [2.24, 2.45) is 5.92 Å². The van der Waals surface area contributed by atoms with E-state index >= 15 is 0 Å². The van der Waals surface area contributed by atoms with Crippen LogP contribution in [-0.4, -0.2) is 25.6 Å². The standard InChI is InChI=1S/C20H18N6O3S/c1-13(2)9-18-23-24-20(30-18)22-19(27)14(12-21)10-15-7-4-8-25(15)16-5-3-6-17(11-16)26(28)29/h3-8,10-11,13H,9H2,1-2H3,(H,22,24,27). The summed E-state index contributed by atoms with van der Waals surface area (Å²) in [5.41, 5.74) is 0.893. The zero-order chi connectivity index (χ0) is 21.7. The Labute approximate surface area is 176 Å². The largest absolute Gasteiger partial charge is 0.317 e. The highest BCUT2D eigenvalue weighted by atomic mass is 32.1. The second-order valence-corrected chi connectivity index (χ2v) is 7.86. The molecular formula is C20H18N6O3S. The van der Waals surface area contributed by atoms with Crippen molar-refractivity contribution in [1.82, 2.24) is 14.8 Å². The van der Waals surface area contributed by atoms with Crippen molar-refractivity contribution in [3.8, 4) is 11.8 Å². The molecule has 1 N–H and O–H groups in total. The molecule has 0 atom stereocenters. The van der Waals surface area contributed by atoms with Gasteiger partial charge in [0.15, 0.2) is 0 Å². The zero-order valence-electron chi connectivity index (χ0n) is 16.3. The van der Waals surface area contributed by atoms with Gasteiger partial charge in [-0.2, -0.15) is 5.26 Å². The summed E-state index contributed by atoms with van der Waals surface area (Å²) in [6.07, 6.45) is 3.87. The van der Waals surface area contributed by atoms with Gasteiger partial charge in [-0.3, -0.25) is 20.2 Å². The smallest absolute Gasteiger partial charge is 0.271 e. The first-order chi connectivity index (χ1) is 14.4. The van der Waals surface area contributed by atoms with Gasteiger partial charge in [-0.15, -0.1) is 10.2 Å². The lowest BCUT2D eigenvalue weighted by atomic mass is 10.1. The molecule has 0 fully saturated rings. The predicted octanol–water partition coefficient (Wildman–Crippen LogP) is 3.98. The molecule has 9 nitrogen and oxygen atoms in total. The van der Waals surface area contributed by atoms with E-state index in [1.165, 1.54) is 29.5 Å². The van der Waals surface area contributed by atoms with Gasteiger partial charge in [-0.25, -0.2) is 0 Å². The summed E-state index contributed by atoms with van der Waals surface area (Å²) in [5.74, 6) is -0.186. The second-order valence-electron chi connectivity index (χ2n) is 6.80. The first kappa shape index (κ1) is 20.9. The number of amides is 1. The SMILES string of the molecule is CC(C)Cc1nnc(NC(=O)C(C#N)=Cc2cccn2-c2cccc([N+](=O)[O-])c2)s1. The normalized spacial score (nSPS) is 11.3. The van der Waals surface area contributed by atoms with Crippen LogP contribution >= 0.6 is 11.3 Å². The van der Waals surface area contributed by atoms with Crippen LogP contribution in [0.3, 0.4) is 0 Å². The van der Waals surface area contributed by atoms with E-state index in [0.29, 0.717) is 22.4 Å². The quantitative estimate of drug-likeness (QED) is 0.265. The summed E-state index contributed by atoms with van der Waals surface area (Å²) in [7, 11) is 0. The highest BCUT2D eigenvalue weighted by Gasteiger charge is 2.15. The molecule has 0 aliphatic heterocycles. The third-order valence-corrected chi connectivity index (χ3v) is 4.89. The van der Waals surface area contributed by atoms with E-state index in [-0.39, 0.29) is 11.3 Å². The van der Waals surface area contributed by atoms with Crippen LogP contribution in [0.1, 0.15) is 24.5 Å². The number of nitro groups is 1. The minimum Gasteiger partial charge on any atom is -0.317 e. The molecular weight excluding hydrogens is 404 g/mol. The molecule has 0 aliphatic rings. The molecule has 3 rings (SSSR count). The van der Waals surface area contributed by atoms with Crippen molar-refractivity contribution in [3.05, 3.63) is 69.0 Å². The van der Waals surface area contributed by atoms with Crippen molar-refractivity contribution < 1.29 is 9.72 Å². The maximum atomic E-state index is 12.5. The number of nitriles is 1. The summed E-state index contributed by atoms with van der Waals surface area (Å²) in [6.45, 7) is 4.12. The van der Waals surface area contributed by atoms with Crippen molar-refractivity contribution >= 4 is 34.1 Å². The number of nitro benzene ring substituents is 1. The zero-order valence-corrected chi connectivity index (χ0v) is 17.1. The molecule has 2 heterocycles. The molecule has 3 aromatic rings. The van der Waals surface area contributed by atoms with Crippen LogP contribution in [0.15, 0.2) is 48.2 Å². The number of hydrogen-bond acceptors (Lipinski definition) is 7. The van der Waals surface area contributed by atoms with Gasteiger partial charge < -0.3 is 4.57 Å². The number of nitrogens with zero attached hydrogens (tertiary/aromatic N) is 5. The summed E-state index contributed by atoms with van der Waals surface area (Å²) in [5, 5.41) is 32.2. The van der Waals surface area contributed by atoms with Crippen LogP contribution in [0.5, 0.6) is 0 Å². The lowest BCUT2D eigenvalue weighted by Crippen LogP contribution is -2.13. The molecule has 0 unspecified atom stereocenters. The molecule has 1 aromatic carbocycles. The van der Waals surface area contributed by atoms with Crippen molar-refractivity contribution in [2.45, 2.75) is 20.3 Å². The van der Waals surface area contributed by atoms with E-state index in [1.807, 2.05) is 6.07 Å². The van der Waals surface area contributed by atoms with Crippen LogP contribution in [0.25, 0.3) is 11.8 Å². The monoisotopic (exact) mass is 422 g/mol. The summed E-state index contributed by atoms with van der Waals surface area (Å²) in [4.78, 5) is 23.1. The maximum absolute atomic E-state index is 12.5. The topological polar surface area (TPSA) is 127 Å². The fourth-order valence-corrected chi connectivity index (χ4v) is 3.65. The molecule has 0 bridgehead atoms. The number of anilines is 1. The number of aromatic nitrogens is 3. The Morgan fingerprint density at radius 3 is 2.87 bits per heavy atom. The number of carbonyl (C=O) groups is 1. The Balaban J connectivity index is 1.83. The summed E-state index contributed by atoms with van der Waals surface area (Å²) >= 11 is 1.27. The van der Waals surface area contributed by atoms with Gasteiger partial charge in [0.05, 0.1) is 10.6 Å². The number of carbonyl (C=O) groups excluding carboxylic acids is 1. The van der Waals surface area contributed by atoms with Crippen LogP contribution in [0.2, 0.25) is 0 Å². The van der Waals surface area contributed by atoms with Gasteiger partial charge in [0.2, 0.25) is 5.13 Å². The molecule has 1 amide bonds. The second kappa shape index (κ2) is 9.11. The first-order valence-electron chi connectivity index (χ1n) is 9.05. The third-order valence-electron chi connectivity index (χ3n) is 4.03. The van der Waals surface area contributed by atoms with Crippen molar-refractivity contribution in [1.29, 1.82) is 5.26 Å². The minimum absolute atomic E-state index is 0.0529. The van der Waals surface area contributed by atoms with E-state index in [2.05, 4.69) is 29.4 Å². The minimum atomic E-state index is -0.600. The molecule has 0 radical (unpaired) electrons. The van der Waals surface area contributed by atoms with Crippen LogP contribution < -0.4 is 5.32 Å². The summed E-state index contributed by atoms with van der Waals surface area (Å²) < 4.78 is 1.66. The number of non-ortho nitro benzene ring substituents is 1. The highest BCUT2D eigenvalue weighted by Crippen LogP contribution is 2.22. The van der Waals surface area contributed by atoms with Gasteiger partial charge in [-0.1, -0.05) is 31.3 Å². The molecule has 0 spiro atoms. The average molecular weight is 422 g/mol. The Bertz CT molecular complexity index is 1160. The lowest BCUT2D eigenvalue weighted by Gasteiger charge is -2.07. The fraction of sp³-hybridized carbons (Fsp3) is 0.200. The molecule has 0 saturated heterocycles.